The molecular weight excluding hydrogens is 401 g/mol. The van der Waals surface area contributed by atoms with Crippen LogP contribution in [0.1, 0.15) is 10.4 Å². The molecule has 124 valence electrons. The predicted octanol–water partition coefficient (Wildman–Crippen LogP) is 6.21. The Kier molecular flexibility index (Phi) is 4.29. The molecule has 3 aromatic rings. The third kappa shape index (κ3) is 3.07. The summed E-state index contributed by atoms with van der Waals surface area (Å²) in [5.41, 5.74) is 0.866. The van der Waals surface area contributed by atoms with E-state index in [0.29, 0.717) is 25.5 Å². The maximum Gasteiger partial charge on any atom is 0.363 e. The van der Waals surface area contributed by atoms with Crippen molar-refractivity contribution in [3.05, 3.63) is 73.7 Å². The molecule has 0 unspecified atom stereocenters. The molecule has 7 heteroatoms. The number of hydrogen-bond donors (Lipinski definition) is 0. The maximum atomic E-state index is 12.1. The lowest BCUT2D eigenvalue weighted by molar-refractivity contribution is -0.129. The van der Waals surface area contributed by atoms with Crippen LogP contribution in [0.3, 0.4) is 0 Å². The van der Waals surface area contributed by atoms with Gasteiger partial charge in [0.25, 0.3) is 0 Å². The SMILES string of the molecule is O=C1OC(c2sc3cc(Cl)ccc3c2Cl)=N/C1=C\c1ccccc1Cl. The van der Waals surface area contributed by atoms with E-state index in [1.165, 1.54) is 11.3 Å². The lowest BCUT2D eigenvalue weighted by atomic mass is 10.2. The second-order valence-corrected chi connectivity index (χ2v) is 7.52. The van der Waals surface area contributed by atoms with Gasteiger partial charge in [-0.15, -0.1) is 11.3 Å². The van der Waals surface area contributed by atoms with Crippen molar-refractivity contribution in [2.45, 2.75) is 0 Å². The molecule has 4 rings (SSSR count). The number of nitrogens with zero attached hydrogens (tertiary/aromatic N) is 1. The number of carbonyl (C=O) groups excluding carboxylic acids is 1. The number of aliphatic imine (C=N–C) groups is 1. The minimum absolute atomic E-state index is 0.176. The third-order valence-electron chi connectivity index (χ3n) is 3.60. The number of esters is 1. The Hall–Kier alpha value is -1.85. The van der Waals surface area contributed by atoms with E-state index in [1.54, 1.807) is 24.3 Å². The molecule has 1 aromatic heterocycles. The normalized spacial score (nSPS) is 15.7. The molecule has 0 saturated carbocycles. The Labute approximate surface area is 162 Å². The molecule has 25 heavy (non-hydrogen) atoms. The lowest BCUT2D eigenvalue weighted by Gasteiger charge is -1.96. The van der Waals surface area contributed by atoms with Gasteiger partial charge in [-0.1, -0.05) is 59.1 Å². The smallest absolute Gasteiger partial charge is 0.363 e. The molecule has 1 aliphatic heterocycles. The van der Waals surface area contributed by atoms with Crippen LogP contribution < -0.4 is 0 Å². The van der Waals surface area contributed by atoms with Gasteiger partial charge in [0.15, 0.2) is 5.70 Å². The van der Waals surface area contributed by atoms with E-state index in [1.807, 2.05) is 24.3 Å². The van der Waals surface area contributed by atoms with E-state index in [-0.39, 0.29) is 11.6 Å². The first kappa shape index (κ1) is 16.6. The fourth-order valence-corrected chi connectivity index (χ4v) is 4.33. The van der Waals surface area contributed by atoms with Crippen LogP contribution in [0.25, 0.3) is 16.2 Å². The van der Waals surface area contributed by atoms with Crippen LogP contribution in [0, 0.1) is 0 Å². The highest BCUT2D eigenvalue weighted by Gasteiger charge is 2.28. The summed E-state index contributed by atoms with van der Waals surface area (Å²) in [4.78, 5) is 17.0. The summed E-state index contributed by atoms with van der Waals surface area (Å²) in [5, 5.41) is 2.47. The summed E-state index contributed by atoms with van der Waals surface area (Å²) in [6.07, 6.45) is 1.59. The Bertz CT molecular complexity index is 1090. The van der Waals surface area contributed by atoms with Gasteiger partial charge in [0.1, 0.15) is 4.88 Å². The van der Waals surface area contributed by atoms with Gasteiger partial charge in [-0.05, 0) is 29.8 Å². The van der Waals surface area contributed by atoms with E-state index in [2.05, 4.69) is 4.99 Å². The Morgan fingerprint density at radius 3 is 2.68 bits per heavy atom. The van der Waals surface area contributed by atoms with Crippen molar-refractivity contribution >= 4 is 74.2 Å². The third-order valence-corrected chi connectivity index (χ3v) is 5.83. The fraction of sp³-hybridized carbons (Fsp3) is 0. The molecule has 1 aliphatic rings. The molecule has 0 radical (unpaired) electrons. The van der Waals surface area contributed by atoms with Gasteiger partial charge in [0.05, 0.1) is 5.02 Å². The lowest BCUT2D eigenvalue weighted by Crippen LogP contribution is -2.04. The number of thiophene rings is 1. The first-order valence-corrected chi connectivity index (χ1v) is 9.13. The summed E-state index contributed by atoms with van der Waals surface area (Å²) < 4.78 is 6.20. The molecule has 3 nitrogen and oxygen atoms in total. The van der Waals surface area contributed by atoms with E-state index >= 15 is 0 Å². The topological polar surface area (TPSA) is 38.7 Å². The van der Waals surface area contributed by atoms with Crippen molar-refractivity contribution < 1.29 is 9.53 Å². The van der Waals surface area contributed by atoms with Crippen molar-refractivity contribution in [2.24, 2.45) is 4.99 Å². The number of halogens is 3. The number of rotatable bonds is 2. The molecule has 0 aliphatic carbocycles. The Morgan fingerprint density at radius 2 is 1.88 bits per heavy atom. The highest BCUT2D eigenvalue weighted by molar-refractivity contribution is 7.21. The molecule has 0 saturated heterocycles. The zero-order chi connectivity index (χ0) is 17.6. The highest BCUT2D eigenvalue weighted by Crippen LogP contribution is 2.38. The highest BCUT2D eigenvalue weighted by atomic mass is 35.5. The van der Waals surface area contributed by atoms with Crippen LogP contribution in [0.15, 0.2) is 53.2 Å². The van der Waals surface area contributed by atoms with Crippen LogP contribution in [-0.4, -0.2) is 11.9 Å². The molecule has 0 fully saturated rings. The molecular formula is C18H8Cl3NO2S. The summed E-state index contributed by atoms with van der Waals surface area (Å²) in [7, 11) is 0. The summed E-state index contributed by atoms with van der Waals surface area (Å²) in [5.74, 6) is -0.355. The van der Waals surface area contributed by atoms with Crippen molar-refractivity contribution in [1.82, 2.24) is 0 Å². The molecule has 0 spiro atoms. The Morgan fingerprint density at radius 1 is 1.08 bits per heavy atom. The number of hydrogen-bond acceptors (Lipinski definition) is 4. The van der Waals surface area contributed by atoms with Gasteiger partial charge < -0.3 is 4.74 Å². The minimum Gasteiger partial charge on any atom is -0.401 e. The van der Waals surface area contributed by atoms with Gasteiger partial charge >= 0.3 is 5.97 Å². The predicted molar refractivity (Wildman–Crippen MR) is 104 cm³/mol. The van der Waals surface area contributed by atoms with Crippen LogP contribution in [0.2, 0.25) is 15.1 Å². The molecule has 2 heterocycles. The number of carbonyl (C=O) groups is 1. The van der Waals surface area contributed by atoms with Crippen LogP contribution >= 0.6 is 46.1 Å². The van der Waals surface area contributed by atoms with Gasteiger partial charge in [-0.3, -0.25) is 0 Å². The zero-order valence-electron chi connectivity index (χ0n) is 12.4. The largest absolute Gasteiger partial charge is 0.401 e. The van der Waals surface area contributed by atoms with Crippen molar-refractivity contribution in [1.29, 1.82) is 0 Å². The quantitative estimate of drug-likeness (QED) is 0.374. The zero-order valence-corrected chi connectivity index (χ0v) is 15.5. The summed E-state index contributed by atoms with van der Waals surface area (Å²) in [6, 6.07) is 12.6. The van der Waals surface area contributed by atoms with Crippen molar-refractivity contribution in [3.63, 3.8) is 0 Å². The average molecular weight is 409 g/mol. The van der Waals surface area contributed by atoms with E-state index in [4.69, 9.17) is 39.5 Å². The monoisotopic (exact) mass is 407 g/mol. The van der Waals surface area contributed by atoms with Crippen molar-refractivity contribution in [3.8, 4) is 0 Å². The maximum absolute atomic E-state index is 12.1. The second-order valence-electron chi connectivity index (χ2n) is 5.24. The summed E-state index contributed by atoms with van der Waals surface area (Å²) >= 11 is 19.9. The van der Waals surface area contributed by atoms with Gasteiger partial charge in [-0.25, -0.2) is 9.79 Å². The molecule has 0 N–H and O–H groups in total. The Balaban J connectivity index is 1.78. The number of benzene rings is 2. The number of cyclic esters (lactones) is 1. The molecule has 0 atom stereocenters. The van der Waals surface area contributed by atoms with Gasteiger partial charge in [0.2, 0.25) is 5.90 Å². The standard InChI is InChI=1S/C18H8Cl3NO2S/c19-10-5-6-11-14(8-10)25-16(15(11)21)17-22-13(18(23)24-17)7-9-3-1-2-4-12(9)20/h1-8H/b13-7-. The van der Waals surface area contributed by atoms with Crippen LogP contribution in [0.5, 0.6) is 0 Å². The number of fused-ring (bicyclic) bond motifs is 1. The average Bonchev–Trinajstić information content (AvgIpc) is 3.10. The van der Waals surface area contributed by atoms with Crippen LogP contribution in [0.4, 0.5) is 0 Å². The first-order chi connectivity index (χ1) is 12.0. The van der Waals surface area contributed by atoms with Crippen molar-refractivity contribution in [2.75, 3.05) is 0 Å². The van der Waals surface area contributed by atoms with E-state index in [0.717, 1.165) is 10.1 Å². The number of ether oxygens (including phenoxy) is 1. The summed E-state index contributed by atoms with van der Waals surface area (Å²) in [6.45, 7) is 0. The van der Waals surface area contributed by atoms with Crippen LogP contribution in [-0.2, 0) is 9.53 Å². The molecule has 0 bridgehead atoms. The fourth-order valence-electron chi connectivity index (χ4n) is 2.42. The minimum atomic E-state index is -0.540. The molecule has 2 aromatic carbocycles. The second kappa shape index (κ2) is 6.46. The van der Waals surface area contributed by atoms with E-state index in [9.17, 15) is 4.79 Å². The van der Waals surface area contributed by atoms with Gasteiger partial charge in [-0.2, -0.15) is 0 Å². The van der Waals surface area contributed by atoms with Gasteiger partial charge in [0, 0.05) is 20.1 Å². The first-order valence-electron chi connectivity index (χ1n) is 7.18. The molecule has 0 amide bonds. The van der Waals surface area contributed by atoms with E-state index < -0.39 is 5.97 Å².